The molecule has 0 aliphatic rings. The number of hydrogen-bond acceptors (Lipinski definition) is 3. The van der Waals surface area contributed by atoms with Crippen molar-refractivity contribution in [3.63, 3.8) is 0 Å². The second-order valence-corrected chi connectivity index (χ2v) is 4.33. The highest BCUT2D eigenvalue weighted by atomic mass is 19.4. The van der Waals surface area contributed by atoms with Crippen LogP contribution in [0.2, 0.25) is 0 Å². The number of amides is 1. The van der Waals surface area contributed by atoms with Crippen LogP contribution in [0.1, 0.15) is 17.5 Å². The Hall–Kier alpha value is -2.23. The Morgan fingerprint density at radius 1 is 1.40 bits per heavy atom. The highest BCUT2D eigenvalue weighted by Gasteiger charge is 2.33. The van der Waals surface area contributed by atoms with E-state index < -0.39 is 11.7 Å². The van der Waals surface area contributed by atoms with E-state index in [9.17, 15) is 18.0 Å². The van der Waals surface area contributed by atoms with Crippen molar-refractivity contribution in [3.05, 3.63) is 29.3 Å². The van der Waals surface area contributed by atoms with Gasteiger partial charge in [0.25, 0.3) is 0 Å². The van der Waals surface area contributed by atoms with Gasteiger partial charge in [-0.1, -0.05) is 0 Å². The molecule has 0 aliphatic carbocycles. The van der Waals surface area contributed by atoms with Crippen LogP contribution in [0.25, 0.3) is 0 Å². The van der Waals surface area contributed by atoms with E-state index in [2.05, 4.69) is 5.32 Å². The zero-order valence-electron chi connectivity index (χ0n) is 11.1. The number of nitriles is 1. The van der Waals surface area contributed by atoms with E-state index in [0.717, 1.165) is 6.07 Å². The van der Waals surface area contributed by atoms with Crippen molar-refractivity contribution in [1.82, 2.24) is 4.90 Å². The fraction of sp³-hybridized carbons (Fsp3) is 0.385. The van der Waals surface area contributed by atoms with Crippen LogP contribution >= 0.6 is 0 Å². The van der Waals surface area contributed by atoms with Gasteiger partial charge in [-0.05, 0) is 18.2 Å². The van der Waals surface area contributed by atoms with Gasteiger partial charge in [-0.15, -0.1) is 0 Å². The smallest absolute Gasteiger partial charge is 0.384 e. The lowest BCUT2D eigenvalue weighted by atomic mass is 10.1. The summed E-state index contributed by atoms with van der Waals surface area (Å²) in [4.78, 5) is 12.7. The van der Waals surface area contributed by atoms with Crippen molar-refractivity contribution in [1.29, 1.82) is 5.26 Å². The van der Waals surface area contributed by atoms with Crippen molar-refractivity contribution in [2.45, 2.75) is 12.6 Å². The van der Waals surface area contributed by atoms with Gasteiger partial charge in [0.05, 0.1) is 17.2 Å². The lowest BCUT2D eigenvalue weighted by Crippen LogP contribution is -2.24. The molecule has 4 nitrogen and oxygen atoms in total. The molecule has 0 saturated carbocycles. The molecule has 0 spiro atoms. The minimum absolute atomic E-state index is 0.0627. The fourth-order valence-electron chi connectivity index (χ4n) is 1.53. The third kappa shape index (κ3) is 4.16. The van der Waals surface area contributed by atoms with Gasteiger partial charge < -0.3 is 10.2 Å². The lowest BCUT2D eigenvalue weighted by molar-refractivity contribution is -0.137. The highest BCUT2D eigenvalue weighted by molar-refractivity contribution is 5.76. The zero-order chi connectivity index (χ0) is 15.3. The predicted molar refractivity (Wildman–Crippen MR) is 68.0 cm³/mol. The van der Waals surface area contributed by atoms with E-state index in [0.29, 0.717) is 0 Å². The van der Waals surface area contributed by atoms with Gasteiger partial charge in [0, 0.05) is 32.7 Å². The van der Waals surface area contributed by atoms with Gasteiger partial charge in [-0.3, -0.25) is 4.79 Å². The molecule has 7 heteroatoms. The summed E-state index contributed by atoms with van der Waals surface area (Å²) < 4.78 is 38.6. The standard InChI is InChI=1S/C13H14F3N3O/c1-19(2)12(20)5-6-18-11-4-3-9(8-17)7-10(11)13(14,15)16/h3-4,7,18H,5-6H2,1-2H3. The Labute approximate surface area is 114 Å². The number of carbonyl (C=O) groups is 1. The van der Waals surface area contributed by atoms with E-state index >= 15 is 0 Å². The van der Waals surface area contributed by atoms with Gasteiger partial charge in [0.15, 0.2) is 0 Å². The molecule has 0 aliphatic heterocycles. The lowest BCUT2D eigenvalue weighted by Gasteiger charge is -2.15. The van der Waals surface area contributed by atoms with Crippen LogP contribution in [0.15, 0.2) is 18.2 Å². The van der Waals surface area contributed by atoms with Crippen LogP contribution in [0.3, 0.4) is 0 Å². The molecule has 0 bridgehead atoms. The number of nitrogens with one attached hydrogen (secondary N) is 1. The van der Waals surface area contributed by atoms with Crippen LogP contribution in [0, 0.1) is 11.3 Å². The van der Waals surface area contributed by atoms with E-state index in [1.54, 1.807) is 20.2 Å². The first-order valence-electron chi connectivity index (χ1n) is 5.81. The van der Waals surface area contributed by atoms with Gasteiger partial charge in [0.2, 0.25) is 5.91 Å². The summed E-state index contributed by atoms with van der Waals surface area (Å²) in [6.45, 7) is 0.0893. The van der Waals surface area contributed by atoms with Gasteiger partial charge in [0.1, 0.15) is 0 Å². The Morgan fingerprint density at radius 2 is 2.05 bits per heavy atom. The molecule has 1 rings (SSSR count). The van der Waals surface area contributed by atoms with Gasteiger partial charge in [-0.25, -0.2) is 0 Å². The summed E-state index contributed by atoms with van der Waals surface area (Å²) in [5.74, 6) is -0.181. The van der Waals surface area contributed by atoms with Crippen molar-refractivity contribution in [2.75, 3.05) is 26.0 Å². The number of rotatable bonds is 4. The number of nitrogens with zero attached hydrogens (tertiary/aromatic N) is 2. The number of hydrogen-bond donors (Lipinski definition) is 1. The zero-order valence-corrected chi connectivity index (χ0v) is 11.1. The van der Waals surface area contributed by atoms with E-state index in [4.69, 9.17) is 5.26 Å². The summed E-state index contributed by atoms with van der Waals surface area (Å²) in [7, 11) is 3.15. The third-order valence-electron chi connectivity index (χ3n) is 2.61. The topological polar surface area (TPSA) is 56.1 Å². The number of carbonyl (C=O) groups excluding carboxylic acids is 1. The molecule has 0 atom stereocenters. The minimum Gasteiger partial charge on any atom is -0.384 e. The second-order valence-electron chi connectivity index (χ2n) is 4.33. The highest BCUT2D eigenvalue weighted by Crippen LogP contribution is 2.35. The molecule has 0 heterocycles. The Kier molecular flexibility index (Phi) is 4.97. The minimum atomic E-state index is -4.55. The molecule has 0 fully saturated rings. The van der Waals surface area contributed by atoms with E-state index in [-0.39, 0.29) is 30.1 Å². The molecular weight excluding hydrogens is 271 g/mol. The Bertz CT molecular complexity index is 533. The third-order valence-corrected chi connectivity index (χ3v) is 2.61. The number of benzene rings is 1. The summed E-state index contributed by atoms with van der Waals surface area (Å²) >= 11 is 0. The number of halogens is 3. The molecule has 0 unspecified atom stereocenters. The second kappa shape index (κ2) is 6.28. The maximum Gasteiger partial charge on any atom is 0.418 e. The van der Waals surface area contributed by atoms with Crippen molar-refractivity contribution in [3.8, 4) is 6.07 Å². The molecule has 0 aromatic heterocycles. The van der Waals surface area contributed by atoms with Crippen LogP contribution in [-0.2, 0) is 11.0 Å². The first-order valence-corrected chi connectivity index (χ1v) is 5.81. The number of anilines is 1. The predicted octanol–water partition coefficient (Wildman–Crippen LogP) is 2.47. The molecule has 1 aromatic rings. The van der Waals surface area contributed by atoms with Gasteiger partial charge in [-0.2, -0.15) is 18.4 Å². The van der Waals surface area contributed by atoms with Crippen LogP contribution in [0.5, 0.6) is 0 Å². The van der Waals surface area contributed by atoms with Crippen LogP contribution in [-0.4, -0.2) is 31.4 Å². The molecule has 1 amide bonds. The summed E-state index contributed by atoms with van der Waals surface area (Å²) in [5.41, 5.74) is -1.11. The Morgan fingerprint density at radius 3 is 2.55 bits per heavy atom. The van der Waals surface area contributed by atoms with E-state index in [1.807, 2.05) is 0 Å². The number of alkyl halides is 3. The molecule has 108 valence electrons. The van der Waals surface area contributed by atoms with Crippen molar-refractivity contribution in [2.24, 2.45) is 0 Å². The molecule has 1 N–H and O–H groups in total. The van der Waals surface area contributed by atoms with E-state index in [1.165, 1.54) is 17.0 Å². The molecule has 0 saturated heterocycles. The largest absolute Gasteiger partial charge is 0.418 e. The maximum absolute atomic E-state index is 12.9. The first kappa shape index (κ1) is 15.8. The quantitative estimate of drug-likeness (QED) is 0.924. The maximum atomic E-state index is 12.9. The molecule has 1 aromatic carbocycles. The molecular formula is C13H14F3N3O. The molecule has 20 heavy (non-hydrogen) atoms. The van der Waals surface area contributed by atoms with Crippen molar-refractivity contribution < 1.29 is 18.0 Å². The molecule has 0 radical (unpaired) electrons. The summed E-state index contributed by atoms with van der Waals surface area (Å²) in [6, 6.07) is 4.95. The van der Waals surface area contributed by atoms with Crippen LogP contribution in [0.4, 0.5) is 18.9 Å². The monoisotopic (exact) mass is 285 g/mol. The first-order chi connectivity index (χ1) is 9.25. The summed E-state index contributed by atoms with van der Waals surface area (Å²) in [6.07, 6.45) is -4.47. The van der Waals surface area contributed by atoms with Crippen molar-refractivity contribution >= 4 is 11.6 Å². The van der Waals surface area contributed by atoms with Crippen LogP contribution < -0.4 is 5.32 Å². The average Bonchev–Trinajstić information content (AvgIpc) is 2.37. The Balaban J connectivity index is 2.85. The fourth-order valence-corrected chi connectivity index (χ4v) is 1.53. The summed E-state index contributed by atoms with van der Waals surface area (Å²) in [5, 5.41) is 11.2. The average molecular weight is 285 g/mol. The van der Waals surface area contributed by atoms with Gasteiger partial charge >= 0.3 is 6.18 Å². The SMILES string of the molecule is CN(C)C(=O)CCNc1ccc(C#N)cc1C(F)(F)F. The normalized spacial score (nSPS) is 10.8.